The van der Waals surface area contributed by atoms with E-state index >= 15 is 0 Å². The Bertz CT molecular complexity index is 661. The van der Waals surface area contributed by atoms with Crippen molar-refractivity contribution in [3.63, 3.8) is 0 Å². The Labute approximate surface area is 123 Å². The van der Waals surface area contributed by atoms with Crippen LogP contribution in [0.1, 0.15) is 10.4 Å². The predicted molar refractivity (Wildman–Crippen MR) is 76.7 cm³/mol. The standard InChI is InChI=1S/C14H11BrFNO3/c1-20-12-4-2-3-9(13(12)18)14(19)17-11-7-8(16)5-6-10(11)15/h2-7,18H,1H3,(H,17,19). The van der Waals surface area contributed by atoms with Crippen LogP contribution < -0.4 is 10.1 Å². The molecule has 0 saturated carbocycles. The summed E-state index contributed by atoms with van der Waals surface area (Å²) in [6, 6.07) is 8.48. The second-order valence-corrected chi connectivity index (χ2v) is 4.79. The van der Waals surface area contributed by atoms with Crippen molar-refractivity contribution >= 4 is 27.5 Å². The van der Waals surface area contributed by atoms with Crippen LogP contribution in [0.5, 0.6) is 11.5 Å². The third-order valence-electron chi connectivity index (χ3n) is 2.64. The SMILES string of the molecule is COc1cccc(C(=O)Nc2cc(F)ccc2Br)c1O. The zero-order chi connectivity index (χ0) is 14.7. The highest BCUT2D eigenvalue weighted by Gasteiger charge is 2.16. The maximum atomic E-state index is 13.2. The van der Waals surface area contributed by atoms with Crippen LogP contribution in [-0.2, 0) is 0 Å². The number of anilines is 1. The molecule has 2 N–H and O–H groups in total. The van der Waals surface area contributed by atoms with Gasteiger partial charge in [0.15, 0.2) is 11.5 Å². The van der Waals surface area contributed by atoms with E-state index in [0.717, 1.165) is 0 Å². The van der Waals surface area contributed by atoms with E-state index < -0.39 is 11.7 Å². The predicted octanol–water partition coefficient (Wildman–Crippen LogP) is 3.55. The van der Waals surface area contributed by atoms with Gasteiger partial charge in [-0.15, -0.1) is 0 Å². The van der Waals surface area contributed by atoms with Crippen molar-refractivity contribution in [2.45, 2.75) is 0 Å². The van der Waals surface area contributed by atoms with E-state index in [1.807, 2.05) is 0 Å². The quantitative estimate of drug-likeness (QED) is 0.898. The Kier molecular flexibility index (Phi) is 4.24. The maximum Gasteiger partial charge on any atom is 0.259 e. The number of aromatic hydroxyl groups is 1. The van der Waals surface area contributed by atoms with Gasteiger partial charge in [0.25, 0.3) is 5.91 Å². The molecule has 0 saturated heterocycles. The van der Waals surface area contributed by atoms with Gasteiger partial charge in [-0.05, 0) is 46.3 Å². The zero-order valence-corrected chi connectivity index (χ0v) is 12.1. The number of methoxy groups -OCH3 is 1. The average Bonchev–Trinajstić information content (AvgIpc) is 2.43. The van der Waals surface area contributed by atoms with Crippen LogP contribution in [-0.4, -0.2) is 18.1 Å². The lowest BCUT2D eigenvalue weighted by atomic mass is 10.1. The molecule has 0 atom stereocenters. The Balaban J connectivity index is 2.31. The molecule has 0 fully saturated rings. The molecular formula is C14H11BrFNO3. The summed E-state index contributed by atoms with van der Waals surface area (Å²) in [6.45, 7) is 0. The van der Waals surface area contributed by atoms with Crippen molar-refractivity contribution < 1.29 is 19.0 Å². The molecule has 0 aliphatic carbocycles. The molecule has 2 aromatic carbocycles. The van der Waals surface area contributed by atoms with E-state index in [9.17, 15) is 14.3 Å². The van der Waals surface area contributed by atoms with E-state index in [-0.39, 0.29) is 22.7 Å². The summed E-state index contributed by atoms with van der Waals surface area (Å²) < 4.78 is 18.6. The van der Waals surface area contributed by atoms with E-state index in [1.165, 1.54) is 37.4 Å². The normalized spacial score (nSPS) is 10.2. The first-order valence-electron chi connectivity index (χ1n) is 5.65. The van der Waals surface area contributed by atoms with Gasteiger partial charge < -0.3 is 15.2 Å². The topological polar surface area (TPSA) is 58.6 Å². The molecule has 0 aliphatic heterocycles. The molecule has 4 nitrogen and oxygen atoms in total. The van der Waals surface area contributed by atoms with Gasteiger partial charge in [-0.2, -0.15) is 0 Å². The van der Waals surface area contributed by atoms with Crippen molar-refractivity contribution in [1.29, 1.82) is 0 Å². The maximum absolute atomic E-state index is 13.2. The molecule has 104 valence electrons. The Hall–Kier alpha value is -2.08. The summed E-state index contributed by atoms with van der Waals surface area (Å²) >= 11 is 3.21. The molecule has 2 aromatic rings. The lowest BCUT2D eigenvalue weighted by molar-refractivity contribution is 0.102. The highest BCUT2D eigenvalue weighted by molar-refractivity contribution is 9.10. The van der Waals surface area contributed by atoms with Crippen molar-refractivity contribution in [2.75, 3.05) is 12.4 Å². The van der Waals surface area contributed by atoms with Crippen molar-refractivity contribution in [2.24, 2.45) is 0 Å². The van der Waals surface area contributed by atoms with Gasteiger partial charge in [-0.25, -0.2) is 4.39 Å². The van der Waals surface area contributed by atoms with Crippen LogP contribution in [0.2, 0.25) is 0 Å². The summed E-state index contributed by atoms with van der Waals surface area (Å²) in [5.41, 5.74) is 0.317. The third kappa shape index (κ3) is 2.91. The smallest absolute Gasteiger partial charge is 0.259 e. The molecule has 0 radical (unpaired) electrons. The van der Waals surface area contributed by atoms with Crippen molar-refractivity contribution in [3.8, 4) is 11.5 Å². The van der Waals surface area contributed by atoms with E-state index in [0.29, 0.717) is 4.47 Å². The number of phenolic OH excluding ortho intramolecular Hbond substituents is 1. The van der Waals surface area contributed by atoms with Gasteiger partial charge in [-0.1, -0.05) is 6.07 Å². The molecule has 0 heterocycles. The van der Waals surface area contributed by atoms with Crippen LogP contribution >= 0.6 is 15.9 Å². The minimum atomic E-state index is -0.562. The Morgan fingerprint density at radius 3 is 2.80 bits per heavy atom. The van der Waals surface area contributed by atoms with E-state index in [1.54, 1.807) is 6.07 Å². The van der Waals surface area contributed by atoms with Gasteiger partial charge in [0, 0.05) is 4.47 Å². The first-order valence-corrected chi connectivity index (χ1v) is 6.44. The van der Waals surface area contributed by atoms with Crippen LogP contribution in [0, 0.1) is 5.82 Å². The largest absolute Gasteiger partial charge is 0.504 e. The lowest BCUT2D eigenvalue weighted by Gasteiger charge is -2.10. The van der Waals surface area contributed by atoms with Gasteiger partial charge >= 0.3 is 0 Å². The minimum Gasteiger partial charge on any atom is -0.504 e. The third-order valence-corrected chi connectivity index (χ3v) is 3.33. The minimum absolute atomic E-state index is 0.0421. The van der Waals surface area contributed by atoms with Crippen LogP contribution in [0.15, 0.2) is 40.9 Å². The number of phenols is 1. The van der Waals surface area contributed by atoms with Gasteiger partial charge in [0.2, 0.25) is 0 Å². The number of hydrogen-bond acceptors (Lipinski definition) is 3. The summed E-state index contributed by atoms with van der Waals surface area (Å²) in [5.74, 6) is -1.11. The summed E-state index contributed by atoms with van der Waals surface area (Å²) in [6.07, 6.45) is 0. The fourth-order valence-corrected chi connectivity index (χ4v) is 2.00. The van der Waals surface area contributed by atoms with E-state index in [4.69, 9.17) is 4.74 Å². The van der Waals surface area contributed by atoms with Crippen LogP contribution in [0.25, 0.3) is 0 Å². The molecule has 2 rings (SSSR count). The Morgan fingerprint density at radius 2 is 2.10 bits per heavy atom. The number of halogens is 2. The number of hydrogen-bond donors (Lipinski definition) is 2. The average molecular weight is 340 g/mol. The van der Waals surface area contributed by atoms with E-state index in [2.05, 4.69) is 21.2 Å². The number of carbonyl (C=O) groups excluding carboxylic acids is 1. The fourth-order valence-electron chi connectivity index (χ4n) is 1.65. The monoisotopic (exact) mass is 339 g/mol. The molecule has 1 amide bonds. The summed E-state index contributed by atoms with van der Waals surface area (Å²) in [4.78, 5) is 12.1. The number of para-hydroxylation sites is 1. The molecule has 20 heavy (non-hydrogen) atoms. The second kappa shape index (κ2) is 5.92. The second-order valence-electron chi connectivity index (χ2n) is 3.93. The molecule has 6 heteroatoms. The first-order chi connectivity index (χ1) is 9.52. The number of benzene rings is 2. The number of amides is 1. The molecule has 0 unspecified atom stereocenters. The molecular weight excluding hydrogens is 329 g/mol. The number of nitrogens with one attached hydrogen (secondary N) is 1. The van der Waals surface area contributed by atoms with Crippen LogP contribution in [0.4, 0.5) is 10.1 Å². The molecule has 0 bridgehead atoms. The summed E-state index contributed by atoms with van der Waals surface area (Å²) in [5, 5.41) is 12.4. The van der Waals surface area contributed by atoms with Crippen molar-refractivity contribution in [3.05, 3.63) is 52.3 Å². The number of carbonyl (C=O) groups is 1. The van der Waals surface area contributed by atoms with Gasteiger partial charge in [-0.3, -0.25) is 4.79 Å². The highest BCUT2D eigenvalue weighted by Crippen LogP contribution is 2.31. The molecule has 0 aliphatic rings. The Morgan fingerprint density at radius 1 is 1.35 bits per heavy atom. The summed E-state index contributed by atoms with van der Waals surface area (Å²) in [7, 11) is 1.39. The molecule has 0 aromatic heterocycles. The lowest BCUT2D eigenvalue weighted by Crippen LogP contribution is -2.13. The zero-order valence-electron chi connectivity index (χ0n) is 10.5. The number of rotatable bonds is 3. The molecule has 0 spiro atoms. The van der Waals surface area contributed by atoms with Gasteiger partial charge in [0.05, 0.1) is 18.4 Å². The number of ether oxygens (including phenoxy) is 1. The van der Waals surface area contributed by atoms with Crippen LogP contribution in [0.3, 0.4) is 0 Å². The fraction of sp³-hybridized carbons (Fsp3) is 0.0714. The highest BCUT2D eigenvalue weighted by atomic mass is 79.9. The van der Waals surface area contributed by atoms with Crippen molar-refractivity contribution in [1.82, 2.24) is 0 Å². The van der Waals surface area contributed by atoms with Gasteiger partial charge in [0.1, 0.15) is 5.82 Å². The first kappa shape index (κ1) is 14.3.